The van der Waals surface area contributed by atoms with Gasteiger partial charge in [-0.05, 0) is 23.6 Å². The van der Waals surface area contributed by atoms with Gasteiger partial charge in [0.2, 0.25) is 0 Å². The third-order valence-corrected chi connectivity index (χ3v) is 2.89. The Morgan fingerprint density at radius 2 is 1.76 bits per heavy atom. The summed E-state index contributed by atoms with van der Waals surface area (Å²) in [5.74, 6) is 0. The van der Waals surface area contributed by atoms with E-state index in [2.05, 4.69) is 31.2 Å². The molecule has 0 aliphatic rings. The molecule has 1 atom stereocenters. The quantitative estimate of drug-likeness (QED) is 0.846. The van der Waals surface area contributed by atoms with Crippen LogP contribution in [0.5, 0.6) is 0 Å². The fraction of sp³-hybridized carbons (Fsp3) is 0.200. The van der Waals surface area contributed by atoms with Gasteiger partial charge in [-0.15, -0.1) is 0 Å². The molecule has 17 heavy (non-hydrogen) atoms. The fourth-order valence-corrected chi connectivity index (χ4v) is 1.85. The van der Waals surface area contributed by atoms with Crippen molar-refractivity contribution < 1.29 is 5.11 Å². The van der Waals surface area contributed by atoms with E-state index in [-0.39, 0.29) is 12.6 Å². The second-order valence-electron chi connectivity index (χ2n) is 4.28. The molecule has 88 valence electrons. The van der Waals surface area contributed by atoms with Gasteiger partial charge in [0.05, 0.1) is 12.6 Å². The van der Waals surface area contributed by atoms with Crippen molar-refractivity contribution in [1.82, 2.24) is 0 Å². The van der Waals surface area contributed by atoms with Crippen molar-refractivity contribution in [3.63, 3.8) is 0 Å². The monoisotopic (exact) mass is 227 g/mol. The highest BCUT2D eigenvalue weighted by atomic mass is 16.3. The van der Waals surface area contributed by atoms with Crippen molar-refractivity contribution in [3.05, 3.63) is 59.7 Å². The standard InChI is InChI=1S/C15H17NO/c1-11-3-2-4-14(9-11)12-5-7-13(8-6-12)15(16)10-17/h2-9,15,17H,10,16H2,1H3/t15-/m0/s1. The lowest BCUT2D eigenvalue weighted by Crippen LogP contribution is -2.14. The van der Waals surface area contributed by atoms with Crippen molar-refractivity contribution in [1.29, 1.82) is 0 Å². The molecular formula is C15H17NO. The molecule has 2 aromatic rings. The summed E-state index contributed by atoms with van der Waals surface area (Å²) in [5, 5.41) is 8.99. The van der Waals surface area contributed by atoms with Gasteiger partial charge in [0.1, 0.15) is 0 Å². The third-order valence-electron chi connectivity index (χ3n) is 2.89. The lowest BCUT2D eigenvalue weighted by molar-refractivity contribution is 0.268. The summed E-state index contributed by atoms with van der Waals surface area (Å²) < 4.78 is 0. The molecule has 0 aliphatic heterocycles. The van der Waals surface area contributed by atoms with Crippen LogP contribution in [0.2, 0.25) is 0 Å². The molecule has 2 aromatic carbocycles. The molecule has 0 saturated carbocycles. The van der Waals surface area contributed by atoms with Gasteiger partial charge in [-0.3, -0.25) is 0 Å². The molecule has 0 amide bonds. The van der Waals surface area contributed by atoms with Gasteiger partial charge in [-0.25, -0.2) is 0 Å². The predicted octanol–water partition coefficient (Wildman–Crippen LogP) is 2.65. The van der Waals surface area contributed by atoms with E-state index in [4.69, 9.17) is 10.8 Å². The topological polar surface area (TPSA) is 46.2 Å². The number of rotatable bonds is 3. The van der Waals surface area contributed by atoms with Crippen LogP contribution < -0.4 is 5.73 Å². The molecule has 3 N–H and O–H groups in total. The largest absolute Gasteiger partial charge is 0.394 e. The van der Waals surface area contributed by atoms with Gasteiger partial charge >= 0.3 is 0 Å². The van der Waals surface area contributed by atoms with Gasteiger partial charge in [-0.2, -0.15) is 0 Å². The molecule has 0 radical (unpaired) electrons. The van der Waals surface area contributed by atoms with Gasteiger partial charge in [0, 0.05) is 0 Å². The van der Waals surface area contributed by atoms with Crippen LogP contribution in [-0.4, -0.2) is 11.7 Å². The summed E-state index contributed by atoms with van der Waals surface area (Å²) >= 11 is 0. The Kier molecular flexibility index (Phi) is 3.57. The molecule has 2 nitrogen and oxygen atoms in total. The zero-order valence-electron chi connectivity index (χ0n) is 9.93. The van der Waals surface area contributed by atoms with Crippen LogP contribution >= 0.6 is 0 Å². The average Bonchev–Trinajstić information content (AvgIpc) is 2.38. The number of hydrogen-bond donors (Lipinski definition) is 2. The summed E-state index contributed by atoms with van der Waals surface area (Å²) in [4.78, 5) is 0. The van der Waals surface area contributed by atoms with Crippen LogP contribution in [0.25, 0.3) is 11.1 Å². The van der Waals surface area contributed by atoms with E-state index < -0.39 is 0 Å². The summed E-state index contributed by atoms with van der Waals surface area (Å²) in [6.07, 6.45) is 0. The first kappa shape index (κ1) is 11.8. The van der Waals surface area contributed by atoms with E-state index in [0.29, 0.717) is 0 Å². The van der Waals surface area contributed by atoms with E-state index in [1.54, 1.807) is 0 Å². The first-order chi connectivity index (χ1) is 8.20. The van der Waals surface area contributed by atoms with Gasteiger partial charge in [0.25, 0.3) is 0 Å². The summed E-state index contributed by atoms with van der Waals surface area (Å²) in [5.41, 5.74) is 10.3. The van der Waals surface area contributed by atoms with Crippen molar-refractivity contribution in [2.24, 2.45) is 5.73 Å². The summed E-state index contributed by atoms with van der Waals surface area (Å²) in [6, 6.07) is 16.1. The van der Waals surface area contributed by atoms with Crippen LogP contribution in [0.1, 0.15) is 17.2 Å². The van der Waals surface area contributed by atoms with E-state index in [0.717, 1.165) is 5.56 Å². The van der Waals surface area contributed by atoms with E-state index >= 15 is 0 Å². The zero-order valence-corrected chi connectivity index (χ0v) is 9.93. The van der Waals surface area contributed by atoms with E-state index in [9.17, 15) is 0 Å². The molecule has 0 spiro atoms. The second-order valence-corrected chi connectivity index (χ2v) is 4.28. The van der Waals surface area contributed by atoms with Crippen LogP contribution in [0.3, 0.4) is 0 Å². The second kappa shape index (κ2) is 5.13. The van der Waals surface area contributed by atoms with Crippen molar-refractivity contribution in [2.45, 2.75) is 13.0 Å². The molecule has 0 heterocycles. The minimum atomic E-state index is -0.290. The number of aliphatic hydroxyl groups is 1. The highest BCUT2D eigenvalue weighted by molar-refractivity contribution is 5.64. The highest BCUT2D eigenvalue weighted by Gasteiger charge is 2.04. The number of nitrogens with two attached hydrogens (primary N) is 1. The molecule has 2 rings (SSSR count). The number of hydrogen-bond acceptors (Lipinski definition) is 2. The Bertz CT molecular complexity index is 491. The Morgan fingerprint density at radius 3 is 2.35 bits per heavy atom. The first-order valence-electron chi connectivity index (χ1n) is 5.74. The van der Waals surface area contributed by atoms with Gasteiger partial charge in [0.15, 0.2) is 0 Å². The Labute approximate surface area is 102 Å². The molecule has 0 saturated heterocycles. The molecule has 0 bridgehead atoms. The first-order valence-corrected chi connectivity index (χ1v) is 5.74. The van der Waals surface area contributed by atoms with Gasteiger partial charge < -0.3 is 10.8 Å². The Hall–Kier alpha value is -1.64. The predicted molar refractivity (Wildman–Crippen MR) is 70.6 cm³/mol. The molecule has 0 aliphatic carbocycles. The highest BCUT2D eigenvalue weighted by Crippen LogP contribution is 2.22. The minimum absolute atomic E-state index is 0.0240. The Morgan fingerprint density at radius 1 is 1.06 bits per heavy atom. The maximum absolute atomic E-state index is 8.99. The SMILES string of the molecule is Cc1cccc(-c2ccc([C@@H](N)CO)cc2)c1. The lowest BCUT2D eigenvalue weighted by atomic mass is 10.0. The maximum atomic E-state index is 8.99. The summed E-state index contributed by atoms with van der Waals surface area (Å²) in [7, 11) is 0. The smallest absolute Gasteiger partial charge is 0.0624 e. The van der Waals surface area contributed by atoms with Gasteiger partial charge in [-0.1, -0.05) is 54.1 Å². The van der Waals surface area contributed by atoms with Crippen molar-refractivity contribution in [3.8, 4) is 11.1 Å². The summed E-state index contributed by atoms with van der Waals surface area (Å²) in [6.45, 7) is 2.06. The van der Waals surface area contributed by atoms with Crippen molar-refractivity contribution in [2.75, 3.05) is 6.61 Å². The molecule has 0 unspecified atom stereocenters. The minimum Gasteiger partial charge on any atom is -0.394 e. The Balaban J connectivity index is 2.29. The number of benzene rings is 2. The normalized spacial score (nSPS) is 12.4. The molecular weight excluding hydrogens is 210 g/mol. The van der Waals surface area contributed by atoms with E-state index in [1.807, 2.05) is 24.3 Å². The molecule has 2 heteroatoms. The van der Waals surface area contributed by atoms with Crippen LogP contribution in [0.15, 0.2) is 48.5 Å². The van der Waals surface area contributed by atoms with E-state index in [1.165, 1.54) is 16.7 Å². The molecule has 0 fully saturated rings. The van der Waals surface area contributed by atoms with Crippen molar-refractivity contribution >= 4 is 0 Å². The third kappa shape index (κ3) is 2.73. The number of aliphatic hydroxyl groups excluding tert-OH is 1. The van der Waals surface area contributed by atoms with Crippen LogP contribution in [-0.2, 0) is 0 Å². The number of aryl methyl sites for hydroxylation is 1. The fourth-order valence-electron chi connectivity index (χ4n) is 1.85. The molecule has 0 aromatic heterocycles. The lowest BCUT2D eigenvalue weighted by Gasteiger charge is -2.09. The average molecular weight is 227 g/mol. The van der Waals surface area contributed by atoms with Crippen LogP contribution in [0.4, 0.5) is 0 Å². The zero-order chi connectivity index (χ0) is 12.3. The maximum Gasteiger partial charge on any atom is 0.0624 e. The van der Waals surface area contributed by atoms with Crippen LogP contribution in [0, 0.1) is 6.92 Å².